The summed E-state index contributed by atoms with van der Waals surface area (Å²) in [5, 5.41) is 0.593. The summed E-state index contributed by atoms with van der Waals surface area (Å²) in [6.07, 6.45) is -10.1. The van der Waals surface area contributed by atoms with Crippen molar-refractivity contribution in [2.75, 3.05) is 38.2 Å². The first-order valence-electron chi connectivity index (χ1n) is 11.8. The van der Waals surface area contributed by atoms with Crippen LogP contribution in [0.3, 0.4) is 0 Å². The number of para-hydroxylation sites is 2. The van der Waals surface area contributed by atoms with Gasteiger partial charge < -0.3 is 9.64 Å². The second-order valence-electron chi connectivity index (χ2n) is 9.25. The lowest BCUT2D eigenvalue weighted by atomic mass is 9.82. The maximum atomic E-state index is 13.6. The van der Waals surface area contributed by atoms with E-state index in [1.807, 2.05) is 23.1 Å². The number of methoxy groups -OCH3 is 1. The molecule has 203 valence electrons. The maximum absolute atomic E-state index is 13.6. The van der Waals surface area contributed by atoms with Gasteiger partial charge in [-0.05, 0) is 55.3 Å². The van der Waals surface area contributed by atoms with Crippen LogP contribution in [-0.2, 0) is 24.3 Å². The third-order valence-corrected chi connectivity index (χ3v) is 7.15. The molecule has 0 bridgehead atoms. The molecule has 0 aliphatic carbocycles. The Bertz CT molecular complexity index is 1240. The van der Waals surface area contributed by atoms with Crippen LogP contribution in [-0.4, -0.2) is 38.2 Å². The molecule has 1 aliphatic heterocycles. The molecule has 3 aromatic carbocycles. The van der Waals surface area contributed by atoms with Crippen molar-refractivity contribution in [2.45, 2.75) is 24.3 Å². The number of ether oxygens (including phenoxy) is 1. The number of piperazine rings is 1. The van der Waals surface area contributed by atoms with Gasteiger partial charge in [0.1, 0.15) is 5.75 Å². The van der Waals surface area contributed by atoms with Crippen molar-refractivity contribution in [1.29, 1.82) is 0 Å². The highest BCUT2D eigenvalue weighted by molar-refractivity contribution is 6.33. The van der Waals surface area contributed by atoms with Crippen LogP contribution in [0.5, 0.6) is 5.75 Å². The molecule has 0 amide bonds. The average molecular weight is 556 g/mol. The third-order valence-electron chi connectivity index (χ3n) is 6.83. The Hall–Kier alpha value is -2.91. The summed E-state index contributed by atoms with van der Waals surface area (Å²) in [6.45, 7) is 6.36. The van der Waals surface area contributed by atoms with Crippen LogP contribution in [0.4, 0.5) is 32.0 Å². The molecule has 0 saturated carbocycles. The average Bonchev–Trinajstić information content (AvgIpc) is 2.88. The van der Waals surface area contributed by atoms with Gasteiger partial charge in [-0.1, -0.05) is 41.9 Å². The molecule has 3 aromatic rings. The number of benzene rings is 3. The summed E-state index contributed by atoms with van der Waals surface area (Å²) >= 11 is 6.36. The second kappa shape index (κ2) is 10.7. The number of nitrogens with zero attached hydrogens (tertiary/aromatic N) is 2. The zero-order chi connectivity index (χ0) is 27.7. The molecule has 1 unspecified atom stereocenters. The third kappa shape index (κ3) is 5.89. The Labute approximate surface area is 222 Å². The van der Waals surface area contributed by atoms with Gasteiger partial charge in [-0.2, -0.15) is 26.3 Å². The number of rotatable bonds is 6. The minimum atomic E-state index is -4.94. The molecule has 38 heavy (non-hydrogen) atoms. The number of alkyl halides is 6. The lowest BCUT2D eigenvalue weighted by molar-refractivity contribution is -0.143. The highest BCUT2D eigenvalue weighted by Crippen LogP contribution is 2.42. The fourth-order valence-corrected chi connectivity index (χ4v) is 5.20. The van der Waals surface area contributed by atoms with Crippen molar-refractivity contribution in [3.63, 3.8) is 0 Å². The highest BCUT2D eigenvalue weighted by Gasteiger charge is 2.41. The quantitative estimate of drug-likeness (QED) is 0.293. The van der Waals surface area contributed by atoms with Gasteiger partial charge in [-0.25, -0.2) is 0 Å². The summed E-state index contributed by atoms with van der Waals surface area (Å²) in [4.78, 5) is 4.07. The van der Waals surface area contributed by atoms with E-state index in [0.29, 0.717) is 42.5 Å². The fourth-order valence-electron chi connectivity index (χ4n) is 4.95. The number of hydrogen-bond acceptors (Lipinski definition) is 3. The van der Waals surface area contributed by atoms with Crippen LogP contribution < -0.4 is 9.64 Å². The first-order valence-corrected chi connectivity index (χ1v) is 12.2. The van der Waals surface area contributed by atoms with E-state index in [2.05, 4.69) is 11.8 Å². The predicted octanol–water partition coefficient (Wildman–Crippen LogP) is 7.48. The van der Waals surface area contributed by atoms with Gasteiger partial charge >= 0.3 is 12.4 Å². The van der Waals surface area contributed by atoms with Crippen LogP contribution in [0.15, 0.2) is 66.7 Å². The van der Waals surface area contributed by atoms with E-state index >= 15 is 0 Å². The van der Waals surface area contributed by atoms with Crippen molar-refractivity contribution >= 4 is 17.3 Å². The van der Waals surface area contributed by atoms with Gasteiger partial charge in [0.25, 0.3) is 0 Å². The second-order valence-corrected chi connectivity index (χ2v) is 9.66. The normalized spacial score (nSPS) is 16.8. The number of hydrogen-bond donors (Lipinski definition) is 0. The minimum absolute atomic E-state index is 0.124. The fraction of sp³-hybridized carbons (Fsp3) is 0.321. The molecule has 1 aliphatic rings. The van der Waals surface area contributed by atoms with Crippen LogP contribution in [0.1, 0.15) is 22.3 Å². The Morgan fingerprint density at radius 3 is 1.92 bits per heavy atom. The molecular formula is C28H26ClF6N2O. The van der Waals surface area contributed by atoms with E-state index in [1.54, 1.807) is 30.3 Å². The Balaban J connectivity index is 1.74. The summed E-state index contributed by atoms with van der Waals surface area (Å²) in [5.41, 5.74) is -2.62. The lowest BCUT2D eigenvalue weighted by Gasteiger charge is -2.47. The van der Waals surface area contributed by atoms with Crippen molar-refractivity contribution in [3.05, 3.63) is 101 Å². The van der Waals surface area contributed by atoms with Crippen LogP contribution in [0.2, 0.25) is 5.02 Å². The van der Waals surface area contributed by atoms with Crippen molar-refractivity contribution in [3.8, 4) is 5.75 Å². The van der Waals surface area contributed by atoms with E-state index in [1.165, 1.54) is 7.11 Å². The maximum Gasteiger partial charge on any atom is 0.416 e. The molecule has 1 heterocycles. The monoisotopic (exact) mass is 555 g/mol. The van der Waals surface area contributed by atoms with Gasteiger partial charge in [0.05, 0.1) is 34.5 Å². The topological polar surface area (TPSA) is 15.7 Å². The van der Waals surface area contributed by atoms with Crippen LogP contribution >= 0.6 is 11.6 Å². The minimum Gasteiger partial charge on any atom is -0.496 e. The summed E-state index contributed by atoms with van der Waals surface area (Å²) in [5.74, 6) is 0.444. The summed E-state index contributed by atoms with van der Waals surface area (Å²) in [7, 11) is 1.46. The number of anilines is 1. The van der Waals surface area contributed by atoms with Crippen LogP contribution in [0.25, 0.3) is 0 Å². The number of halogens is 7. The van der Waals surface area contributed by atoms with Gasteiger partial charge in [0.15, 0.2) is 0 Å². The van der Waals surface area contributed by atoms with Gasteiger partial charge in [-0.3, -0.25) is 4.90 Å². The van der Waals surface area contributed by atoms with Crippen molar-refractivity contribution < 1.29 is 31.1 Å². The molecule has 4 rings (SSSR count). The van der Waals surface area contributed by atoms with Gasteiger partial charge in [0.2, 0.25) is 0 Å². The standard InChI is InChI=1S/C28H26ClF6N2O/c1-26(22-7-3-6-10-25(22)38-2,37-13-11-36(12-14-37)24-9-5-4-8-23(24)29)18-19-15-20(27(30,31)32)17-21(16-19)28(33,34)35/h3-10,15-17H,1,11-14,18H2,2H3. The molecule has 3 nitrogen and oxygen atoms in total. The predicted molar refractivity (Wildman–Crippen MR) is 135 cm³/mol. The Morgan fingerprint density at radius 2 is 1.37 bits per heavy atom. The molecule has 0 spiro atoms. The molecule has 1 atom stereocenters. The van der Waals surface area contributed by atoms with E-state index in [4.69, 9.17) is 16.3 Å². The van der Waals surface area contributed by atoms with Gasteiger partial charge in [0, 0.05) is 31.7 Å². The SMILES string of the molecule is [CH2]C(Cc1cc(C(F)(F)F)cc(C(F)(F)F)c1)(c1ccccc1OC)N1CCN(c2ccccc2Cl)CC1. The molecule has 1 fully saturated rings. The Kier molecular flexibility index (Phi) is 7.91. The molecule has 0 N–H and O–H groups in total. The molecule has 0 aromatic heterocycles. The van der Waals surface area contributed by atoms with Crippen LogP contribution in [0, 0.1) is 6.92 Å². The van der Waals surface area contributed by atoms with Crippen molar-refractivity contribution in [1.82, 2.24) is 4.90 Å². The smallest absolute Gasteiger partial charge is 0.416 e. The summed E-state index contributed by atoms with van der Waals surface area (Å²) < 4.78 is 87.0. The van der Waals surface area contributed by atoms with Crippen molar-refractivity contribution in [2.24, 2.45) is 0 Å². The van der Waals surface area contributed by atoms with E-state index in [9.17, 15) is 26.3 Å². The zero-order valence-electron chi connectivity index (χ0n) is 20.5. The summed E-state index contributed by atoms with van der Waals surface area (Å²) in [6, 6.07) is 16.0. The van der Waals surface area contributed by atoms with E-state index in [0.717, 1.165) is 17.8 Å². The lowest BCUT2D eigenvalue weighted by Crippen LogP contribution is -2.55. The molecule has 1 radical (unpaired) electrons. The Morgan fingerprint density at radius 1 is 0.816 bits per heavy atom. The first kappa shape index (κ1) is 28.1. The molecule has 1 saturated heterocycles. The van der Waals surface area contributed by atoms with Gasteiger partial charge in [-0.15, -0.1) is 0 Å². The first-order chi connectivity index (χ1) is 17.8. The van der Waals surface area contributed by atoms with E-state index < -0.39 is 29.0 Å². The largest absolute Gasteiger partial charge is 0.496 e. The van der Waals surface area contributed by atoms with E-state index in [-0.39, 0.29) is 18.1 Å². The zero-order valence-corrected chi connectivity index (χ0v) is 21.3. The molecular weight excluding hydrogens is 530 g/mol. The highest BCUT2D eigenvalue weighted by atomic mass is 35.5. The molecule has 10 heteroatoms.